The maximum Gasteiger partial charge on any atom is 0.242 e. The third-order valence-corrected chi connectivity index (χ3v) is 5.19. The zero-order chi connectivity index (χ0) is 15.6. The Hall–Kier alpha value is -1.15. The van der Waals surface area contributed by atoms with E-state index in [-0.39, 0.29) is 22.2 Å². The molecule has 0 saturated carbocycles. The number of nitrogens with two attached hydrogens (primary N) is 1. The average molecular weight is 394 g/mol. The molecule has 0 aliphatic rings. The van der Waals surface area contributed by atoms with Crippen LogP contribution in [0, 0.1) is 5.82 Å². The molecule has 0 fully saturated rings. The molecule has 4 nitrogen and oxygen atoms in total. The van der Waals surface area contributed by atoms with Crippen molar-refractivity contribution in [3.8, 4) is 0 Å². The summed E-state index contributed by atoms with van der Waals surface area (Å²) in [7, 11) is -3.84. The number of hydrogen-bond acceptors (Lipinski definition) is 3. The summed E-state index contributed by atoms with van der Waals surface area (Å²) in [6.07, 6.45) is 0. The molecule has 2 rings (SSSR count). The van der Waals surface area contributed by atoms with Gasteiger partial charge in [0.2, 0.25) is 10.0 Å². The summed E-state index contributed by atoms with van der Waals surface area (Å²) in [6.45, 7) is -0.0768. The molecule has 3 N–H and O–H groups in total. The van der Waals surface area contributed by atoms with Crippen molar-refractivity contribution in [3.63, 3.8) is 0 Å². The first-order chi connectivity index (χ1) is 9.79. The molecule has 21 heavy (non-hydrogen) atoms. The first-order valence-electron chi connectivity index (χ1n) is 5.78. The predicted octanol–water partition coefficient (Wildman–Crippen LogP) is 3.30. The highest BCUT2D eigenvalue weighted by molar-refractivity contribution is 9.10. The third-order valence-electron chi connectivity index (χ3n) is 2.73. The molecule has 0 atom stereocenters. The molecule has 0 heterocycles. The standard InChI is InChI=1S/C13H11BrClFN2O2S/c14-11-3-2-10(16)5-8(11)7-18-21(19,20)13-6-9(15)1-4-12(13)17/h1-6,18H,7,17H2. The summed E-state index contributed by atoms with van der Waals surface area (Å²) < 4.78 is 40.6. The zero-order valence-electron chi connectivity index (χ0n) is 10.6. The fraction of sp³-hybridized carbons (Fsp3) is 0.0769. The maximum atomic E-state index is 13.2. The van der Waals surface area contributed by atoms with Crippen LogP contribution in [0.25, 0.3) is 0 Å². The first-order valence-corrected chi connectivity index (χ1v) is 8.43. The van der Waals surface area contributed by atoms with Gasteiger partial charge in [0.05, 0.1) is 5.69 Å². The number of halogens is 3. The molecule has 0 aliphatic heterocycles. The fourth-order valence-electron chi connectivity index (χ4n) is 1.67. The van der Waals surface area contributed by atoms with Crippen molar-refractivity contribution in [1.29, 1.82) is 0 Å². The van der Waals surface area contributed by atoms with Crippen molar-refractivity contribution in [2.24, 2.45) is 0 Å². The normalized spacial score (nSPS) is 11.6. The highest BCUT2D eigenvalue weighted by Crippen LogP contribution is 2.23. The van der Waals surface area contributed by atoms with Crippen molar-refractivity contribution >= 4 is 43.2 Å². The van der Waals surface area contributed by atoms with Crippen LogP contribution in [0.15, 0.2) is 45.8 Å². The topological polar surface area (TPSA) is 72.2 Å². The second-order valence-corrected chi connectivity index (χ2v) is 7.27. The van der Waals surface area contributed by atoms with Gasteiger partial charge in [-0.15, -0.1) is 0 Å². The largest absolute Gasteiger partial charge is 0.398 e. The minimum atomic E-state index is -3.84. The fourth-order valence-corrected chi connectivity index (χ4v) is 3.46. The van der Waals surface area contributed by atoms with Crippen molar-refractivity contribution in [2.45, 2.75) is 11.4 Å². The first kappa shape index (κ1) is 16.2. The van der Waals surface area contributed by atoms with Crippen molar-refractivity contribution in [1.82, 2.24) is 4.72 Å². The van der Waals surface area contributed by atoms with Gasteiger partial charge in [-0.05, 0) is 42.0 Å². The average Bonchev–Trinajstić information content (AvgIpc) is 2.42. The molecule has 0 bridgehead atoms. The number of benzene rings is 2. The lowest BCUT2D eigenvalue weighted by Gasteiger charge is -2.10. The van der Waals surface area contributed by atoms with Crippen molar-refractivity contribution < 1.29 is 12.8 Å². The molecule has 0 radical (unpaired) electrons. The van der Waals surface area contributed by atoms with E-state index in [0.29, 0.717) is 10.0 Å². The van der Waals surface area contributed by atoms with Gasteiger partial charge in [-0.1, -0.05) is 27.5 Å². The maximum absolute atomic E-state index is 13.2. The van der Waals surface area contributed by atoms with Crippen LogP contribution in [0.3, 0.4) is 0 Å². The second kappa shape index (κ2) is 6.31. The van der Waals surface area contributed by atoms with Crippen LogP contribution in [0.1, 0.15) is 5.56 Å². The zero-order valence-corrected chi connectivity index (χ0v) is 13.8. The third kappa shape index (κ3) is 3.94. The predicted molar refractivity (Wildman–Crippen MR) is 84.0 cm³/mol. The molecule has 0 spiro atoms. The monoisotopic (exact) mass is 392 g/mol. The molecule has 0 saturated heterocycles. The van der Waals surface area contributed by atoms with Crippen LogP contribution in [0.2, 0.25) is 5.02 Å². The highest BCUT2D eigenvalue weighted by Gasteiger charge is 2.18. The smallest absolute Gasteiger partial charge is 0.242 e. The van der Waals surface area contributed by atoms with E-state index < -0.39 is 15.8 Å². The lowest BCUT2D eigenvalue weighted by molar-refractivity contribution is 0.580. The van der Waals surface area contributed by atoms with Gasteiger partial charge in [-0.3, -0.25) is 0 Å². The Morgan fingerprint density at radius 3 is 2.67 bits per heavy atom. The summed E-state index contributed by atoms with van der Waals surface area (Å²) in [5.74, 6) is -0.449. The summed E-state index contributed by atoms with van der Waals surface area (Å²) in [5.41, 5.74) is 6.21. The van der Waals surface area contributed by atoms with Gasteiger partial charge in [-0.2, -0.15) is 0 Å². The number of nitrogens with one attached hydrogen (secondary N) is 1. The molecule has 112 valence electrons. The van der Waals surface area contributed by atoms with E-state index in [4.69, 9.17) is 17.3 Å². The van der Waals surface area contributed by atoms with Gasteiger partial charge >= 0.3 is 0 Å². The molecule has 0 aromatic heterocycles. The Bertz CT molecular complexity index is 784. The van der Waals surface area contributed by atoms with Gasteiger partial charge in [0.25, 0.3) is 0 Å². The van der Waals surface area contributed by atoms with E-state index in [9.17, 15) is 12.8 Å². The van der Waals surface area contributed by atoms with Crippen molar-refractivity contribution in [3.05, 3.63) is 57.3 Å². The van der Waals surface area contributed by atoms with Gasteiger partial charge in [0, 0.05) is 16.0 Å². The van der Waals surface area contributed by atoms with Crippen LogP contribution in [0.4, 0.5) is 10.1 Å². The van der Waals surface area contributed by atoms with E-state index in [1.807, 2.05) is 0 Å². The summed E-state index contributed by atoms with van der Waals surface area (Å²) >= 11 is 9.01. The molecule has 0 unspecified atom stereocenters. The highest BCUT2D eigenvalue weighted by atomic mass is 79.9. The lowest BCUT2D eigenvalue weighted by atomic mass is 10.2. The van der Waals surface area contributed by atoms with Crippen LogP contribution < -0.4 is 10.5 Å². The molecular weight excluding hydrogens is 383 g/mol. The Kier molecular flexibility index (Phi) is 4.88. The number of sulfonamides is 1. The van der Waals surface area contributed by atoms with Gasteiger partial charge in [0.1, 0.15) is 10.7 Å². The molecular formula is C13H11BrClFN2O2S. The van der Waals surface area contributed by atoms with E-state index in [1.54, 1.807) is 0 Å². The Labute approximate surface area is 135 Å². The second-order valence-electron chi connectivity index (χ2n) is 4.24. The van der Waals surface area contributed by atoms with Crippen LogP contribution in [-0.2, 0) is 16.6 Å². The Morgan fingerprint density at radius 1 is 1.24 bits per heavy atom. The molecule has 8 heteroatoms. The number of rotatable bonds is 4. The van der Waals surface area contributed by atoms with E-state index in [0.717, 1.165) is 0 Å². The lowest BCUT2D eigenvalue weighted by Crippen LogP contribution is -2.24. The molecule has 2 aromatic carbocycles. The van der Waals surface area contributed by atoms with Crippen LogP contribution >= 0.6 is 27.5 Å². The van der Waals surface area contributed by atoms with Crippen molar-refractivity contribution in [2.75, 3.05) is 5.73 Å². The van der Waals surface area contributed by atoms with Crippen LogP contribution in [0.5, 0.6) is 0 Å². The van der Waals surface area contributed by atoms with Gasteiger partial charge in [-0.25, -0.2) is 17.5 Å². The van der Waals surface area contributed by atoms with Gasteiger partial charge < -0.3 is 5.73 Å². The summed E-state index contributed by atoms with van der Waals surface area (Å²) in [6, 6.07) is 8.20. The number of hydrogen-bond donors (Lipinski definition) is 2. The SMILES string of the molecule is Nc1ccc(Cl)cc1S(=O)(=O)NCc1cc(F)ccc1Br. The summed E-state index contributed by atoms with van der Waals surface area (Å²) in [4.78, 5) is -0.109. The van der Waals surface area contributed by atoms with E-state index >= 15 is 0 Å². The summed E-state index contributed by atoms with van der Waals surface area (Å²) in [5, 5.41) is 0.261. The Balaban J connectivity index is 2.26. The number of anilines is 1. The van der Waals surface area contributed by atoms with Crippen LogP contribution in [-0.4, -0.2) is 8.42 Å². The molecule has 0 aliphatic carbocycles. The minimum Gasteiger partial charge on any atom is -0.398 e. The quantitative estimate of drug-likeness (QED) is 0.783. The van der Waals surface area contributed by atoms with E-state index in [2.05, 4.69) is 20.7 Å². The number of nitrogen functional groups attached to an aromatic ring is 1. The molecule has 2 aromatic rings. The van der Waals surface area contributed by atoms with E-state index in [1.165, 1.54) is 36.4 Å². The Morgan fingerprint density at radius 2 is 1.95 bits per heavy atom. The minimum absolute atomic E-state index is 0.0768. The molecule has 0 amide bonds. The van der Waals surface area contributed by atoms with Gasteiger partial charge in [0.15, 0.2) is 0 Å².